The number of sulfone groups is 1. The van der Waals surface area contributed by atoms with Gasteiger partial charge in [0.05, 0.1) is 28.1 Å². The first kappa shape index (κ1) is 22.9. The molecule has 4 rings (SSSR count). The molecule has 2 atom stereocenters. The molecule has 0 aromatic heterocycles. The molecule has 31 heavy (non-hydrogen) atoms. The average molecular weight is 495 g/mol. The maximum absolute atomic E-state index is 13.4. The van der Waals surface area contributed by atoms with Gasteiger partial charge in [-0.15, -0.1) is 0 Å². The first-order valence-corrected chi connectivity index (χ1v) is 13.3. The van der Waals surface area contributed by atoms with Crippen molar-refractivity contribution in [3.8, 4) is 0 Å². The van der Waals surface area contributed by atoms with Crippen LogP contribution in [0.5, 0.6) is 0 Å². The molecule has 0 N–H and O–H groups in total. The number of anilines is 1. The van der Waals surface area contributed by atoms with E-state index in [0.717, 1.165) is 43.2 Å². The molecule has 11 heteroatoms. The number of aliphatic imine (C=N–C) groups is 1. The van der Waals surface area contributed by atoms with E-state index in [2.05, 4.69) is 4.99 Å². The van der Waals surface area contributed by atoms with Crippen LogP contribution in [0.25, 0.3) is 0 Å². The van der Waals surface area contributed by atoms with Gasteiger partial charge in [0, 0.05) is 17.4 Å². The summed E-state index contributed by atoms with van der Waals surface area (Å²) in [4.78, 5) is 18.2. The summed E-state index contributed by atoms with van der Waals surface area (Å²) in [5.41, 5.74) is -0.871. The Kier molecular flexibility index (Phi) is 6.35. The highest BCUT2D eigenvalue weighted by Gasteiger charge is 2.49. The number of halogens is 4. The number of hydrogen-bond donors (Lipinski definition) is 0. The molecule has 1 aromatic carbocycles. The number of carbonyl (C=O) groups is 1. The highest BCUT2D eigenvalue weighted by atomic mass is 35.5. The van der Waals surface area contributed by atoms with Gasteiger partial charge in [-0.3, -0.25) is 4.79 Å². The van der Waals surface area contributed by atoms with Gasteiger partial charge in [-0.1, -0.05) is 49.0 Å². The maximum atomic E-state index is 13.4. The Morgan fingerprint density at radius 3 is 2.61 bits per heavy atom. The van der Waals surface area contributed by atoms with Crippen LogP contribution < -0.4 is 4.90 Å². The molecule has 1 amide bonds. The number of fused-ring (bicyclic) bond motifs is 1. The van der Waals surface area contributed by atoms with E-state index < -0.39 is 32.6 Å². The number of amides is 1. The van der Waals surface area contributed by atoms with Gasteiger partial charge in [0.15, 0.2) is 15.0 Å². The van der Waals surface area contributed by atoms with E-state index in [1.54, 1.807) is 0 Å². The Morgan fingerprint density at radius 2 is 1.94 bits per heavy atom. The summed E-state index contributed by atoms with van der Waals surface area (Å²) in [5, 5.41) is -0.557. The lowest BCUT2D eigenvalue weighted by Crippen LogP contribution is -2.37. The van der Waals surface area contributed by atoms with Crippen molar-refractivity contribution in [1.29, 1.82) is 0 Å². The molecule has 1 aromatic rings. The fourth-order valence-corrected chi connectivity index (χ4v) is 8.69. The van der Waals surface area contributed by atoms with Crippen molar-refractivity contribution in [3.63, 3.8) is 0 Å². The Morgan fingerprint density at radius 1 is 1.23 bits per heavy atom. The first-order chi connectivity index (χ1) is 14.5. The van der Waals surface area contributed by atoms with Crippen LogP contribution in [0.4, 0.5) is 18.9 Å². The smallest absolute Gasteiger partial charge is 0.316 e. The van der Waals surface area contributed by atoms with E-state index in [1.165, 1.54) is 23.8 Å². The molecule has 0 radical (unpaired) electrons. The summed E-state index contributed by atoms with van der Waals surface area (Å²) in [6, 6.07) is 2.87. The van der Waals surface area contributed by atoms with Gasteiger partial charge >= 0.3 is 6.18 Å². The van der Waals surface area contributed by atoms with Crippen molar-refractivity contribution in [2.75, 3.05) is 16.4 Å². The minimum Gasteiger partial charge on any atom is -0.316 e. The van der Waals surface area contributed by atoms with Crippen molar-refractivity contribution in [2.45, 2.75) is 56.0 Å². The first-order valence-electron chi connectivity index (χ1n) is 10.2. The molecule has 2 heterocycles. The summed E-state index contributed by atoms with van der Waals surface area (Å²) < 4.78 is 64.4. The Balaban J connectivity index is 1.63. The number of amidine groups is 1. The van der Waals surface area contributed by atoms with Gasteiger partial charge in [-0.25, -0.2) is 8.42 Å². The Bertz CT molecular complexity index is 1010. The van der Waals surface area contributed by atoms with Gasteiger partial charge < -0.3 is 4.90 Å². The lowest BCUT2D eigenvalue weighted by Gasteiger charge is -2.25. The fraction of sp³-hybridized carbons (Fsp3) is 0.600. The van der Waals surface area contributed by atoms with Crippen molar-refractivity contribution >= 4 is 50.0 Å². The molecular formula is C20H22ClF3N2O3S2. The molecule has 0 bridgehead atoms. The summed E-state index contributed by atoms with van der Waals surface area (Å²) in [7, 11) is -3.32. The van der Waals surface area contributed by atoms with Crippen LogP contribution >= 0.6 is 23.4 Å². The maximum Gasteiger partial charge on any atom is 0.417 e. The van der Waals surface area contributed by atoms with E-state index in [0.29, 0.717) is 5.92 Å². The predicted octanol–water partition coefficient (Wildman–Crippen LogP) is 4.93. The predicted molar refractivity (Wildman–Crippen MR) is 116 cm³/mol. The average Bonchev–Trinajstić information content (AvgIpc) is 3.34. The van der Waals surface area contributed by atoms with Crippen molar-refractivity contribution < 1.29 is 26.4 Å². The number of carbonyl (C=O) groups excluding carboxylic acids is 1. The molecule has 1 aliphatic carbocycles. The molecule has 170 valence electrons. The van der Waals surface area contributed by atoms with Gasteiger partial charge in [0.2, 0.25) is 5.91 Å². The number of rotatable bonds is 4. The van der Waals surface area contributed by atoms with E-state index >= 15 is 0 Å². The lowest BCUT2D eigenvalue weighted by molar-refractivity contribution is -0.137. The van der Waals surface area contributed by atoms with E-state index in [4.69, 9.17) is 11.6 Å². The van der Waals surface area contributed by atoms with Crippen LogP contribution in [0.3, 0.4) is 0 Å². The largest absolute Gasteiger partial charge is 0.417 e. The second-order valence-electron chi connectivity index (χ2n) is 8.31. The standard InChI is InChI=1S/C20H22ClF3N2O3S2/c21-15-7-6-13(9-14(15)20(22,23)24)26-16-10-31(28,29)11-17(16)30-19(26)25-18(27)8-5-12-3-1-2-4-12/h6-7,9,12,16-17H,1-5,8,10-11H2/t16-,17-/m0/s1. The number of thioether (sulfide) groups is 1. The van der Waals surface area contributed by atoms with Gasteiger partial charge in [0.25, 0.3) is 0 Å². The SMILES string of the molecule is O=C(CCC1CCCC1)N=C1S[C@H]2CS(=O)(=O)C[C@@H]2N1c1ccc(Cl)c(C(F)(F)F)c1. The molecule has 2 aliphatic heterocycles. The molecule has 5 nitrogen and oxygen atoms in total. The number of hydrogen-bond acceptors (Lipinski definition) is 4. The Hall–Kier alpha value is -1.26. The molecule has 0 unspecified atom stereocenters. The van der Waals surface area contributed by atoms with Gasteiger partial charge in [0.1, 0.15) is 0 Å². The third-order valence-electron chi connectivity index (χ3n) is 6.06. The highest BCUT2D eigenvalue weighted by molar-refractivity contribution is 8.16. The van der Waals surface area contributed by atoms with Crippen LogP contribution in [-0.4, -0.2) is 42.3 Å². The number of nitrogens with zero attached hydrogens (tertiary/aromatic N) is 2. The van der Waals surface area contributed by atoms with Crippen LogP contribution in [0.15, 0.2) is 23.2 Å². The number of benzene rings is 1. The third kappa shape index (κ3) is 5.06. The molecule has 1 saturated carbocycles. The van der Waals surface area contributed by atoms with Crippen LogP contribution in [0.2, 0.25) is 5.02 Å². The minimum atomic E-state index is -4.66. The van der Waals surface area contributed by atoms with Gasteiger partial charge in [-0.05, 0) is 30.5 Å². The van der Waals surface area contributed by atoms with Crippen LogP contribution in [-0.2, 0) is 20.8 Å². The van der Waals surface area contributed by atoms with E-state index in [-0.39, 0.29) is 39.9 Å². The monoisotopic (exact) mass is 494 g/mol. The molecule has 0 spiro atoms. The molecule has 3 aliphatic rings. The van der Waals surface area contributed by atoms with Crippen molar-refractivity contribution in [3.05, 3.63) is 28.8 Å². The van der Waals surface area contributed by atoms with Crippen LogP contribution in [0.1, 0.15) is 44.1 Å². The van der Waals surface area contributed by atoms with Crippen molar-refractivity contribution in [1.82, 2.24) is 0 Å². The zero-order chi connectivity index (χ0) is 22.4. The van der Waals surface area contributed by atoms with E-state index in [1.807, 2.05) is 0 Å². The number of alkyl halides is 3. The summed E-state index contributed by atoms with van der Waals surface area (Å²) in [6.07, 6.45) is 0.941. The zero-order valence-electron chi connectivity index (χ0n) is 16.6. The molecule has 3 fully saturated rings. The summed E-state index contributed by atoms with van der Waals surface area (Å²) in [5.74, 6) is -0.0866. The molecule has 2 saturated heterocycles. The quantitative estimate of drug-likeness (QED) is 0.593. The summed E-state index contributed by atoms with van der Waals surface area (Å²) >= 11 is 6.90. The van der Waals surface area contributed by atoms with E-state index in [9.17, 15) is 26.4 Å². The van der Waals surface area contributed by atoms with Gasteiger partial charge in [-0.2, -0.15) is 18.2 Å². The highest BCUT2D eigenvalue weighted by Crippen LogP contribution is 2.43. The lowest BCUT2D eigenvalue weighted by atomic mass is 10.0. The minimum absolute atomic E-state index is 0.0894. The van der Waals surface area contributed by atoms with Crippen LogP contribution in [0, 0.1) is 5.92 Å². The normalized spacial score (nSPS) is 27.2. The molecular weight excluding hydrogens is 473 g/mol. The van der Waals surface area contributed by atoms with Crippen molar-refractivity contribution in [2.24, 2.45) is 10.9 Å². The Labute approximate surface area is 188 Å². The second kappa shape index (κ2) is 8.59. The fourth-order valence-electron chi connectivity index (χ4n) is 4.54. The zero-order valence-corrected chi connectivity index (χ0v) is 19.0. The second-order valence-corrected chi connectivity index (χ2v) is 12.1. The third-order valence-corrected chi connectivity index (χ3v) is 9.60. The summed E-state index contributed by atoms with van der Waals surface area (Å²) in [6.45, 7) is 0. The topological polar surface area (TPSA) is 66.8 Å².